The summed E-state index contributed by atoms with van der Waals surface area (Å²) >= 11 is 0. The molecule has 0 fully saturated rings. The molecule has 1 amide bonds. The van der Waals surface area contributed by atoms with E-state index in [1.807, 2.05) is 12.1 Å². The molecule has 3 heterocycles. The maximum Gasteiger partial charge on any atom is 0.319 e. The van der Waals surface area contributed by atoms with Crippen molar-refractivity contribution in [1.82, 2.24) is 28.8 Å². The van der Waals surface area contributed by atoms with Crippen molar-refractivity contribution in [2.45, 2.75) is 13.1 Å². The van der Waals surface area contributed by atoms with Crippen molar-refractivity contribution in [3.63, 3.8) is 0 Å². The summed E-state index contributed by atoms with van der Waals surface area (Å²) < 4.78 is 29.9. The highest BCUT2D eigenvalue weighted by Gasteiger charge is 2.22. The summed E-state index contributed by atoms with van der Waals surface area (Å²) in [6, 6.07) is 3.68. The molecular formula is C15H16F2N6O. The topological polar surface area (TPSA) is 60.9 Å². The zero-order valence-corrected chi connectivity index (χ0v) is 13.2. The number of rotatable bonds is 5. The summed E-state index contributed by atoms with van der Waals surface area (Å²) in [6.07, 6.45) is 7.55. The van der Waals surface area contributed by atoms with Gasteiger partial charge in [-0.3, -0.25) is 14.0 Å². The quantitative estimate of drug-likeness (QED) is 0.718. The number of hydrogen-bond donors (Lipinski definition) is 0. The van der Waals surface area contributed by atoms with E-state index < -0.39 is 6.55 Å². The summed E-state index contributed by atoms with van der Waals surface area (Å²) in [5, 5.41) is 4.13. The molecule has 0 atom stereocenters. The Bertz CT molecular complexity index is 836. The number of imidazole rings is 1. The molecule has 7 nitrogen and oxygen atoms in total. The highest BCUT2D eigenvalue weighted by molar-refractivity contribution is 5.96. The maximum absolute atomic E-state index is 12.9. The third-order valence-corrected chi connectivity index (χ3v) is 3.67. The second-order valence-corrected chi connectivity index (χ2v) is 5.29. The van der Waals surface area contributed by atoms with Crippen LogP contribution in [0, 0.1) is 0 Å². The zero-order valence-electron chi connectivity index (χ0n) is 13.2. The molecule has 3 aromatic rings. The molecule has 0 saturated heterocycles. The van der Waals surface area contributed by atoms with Crippen molar-refractivity contribution in [2.75, 3.05) is 7.05 Å². The lowest BCUT2D eigenvalue weighted by Gasteiger charge is -2.18. The van der Waals surface area contributed by atoms with E-state index in [2.05, 4.69) is 10.1 Å². The van der Waals surface area contributed by atoms with Crippen LogP contribution in [0.5, 0.6) is 0 Å². The normalized spacial score (nSPS) is 11.2. The first-order valence-corrected chi connectivity index (χ1v) is 7.19. The lowest BCUT2D eigenvalue weighted by molar-refractivity contribution is 0.0612. The molecule has 0 N–H and O–H groups in total. The molecule has 126 valence electrons. The molecule has 0 saturated carbocycles. The van der Waals surface area contributed by atoms with Crippen LogP contribution in [-0.2, 0) is 13.6 Å². The van der Waals surface area contributed by atoms with Gasteiger partial charge in [0.25, 0.3) is 5.91 Å². The second-order valence-electron chi connectivity index (χ2n) is 5.29. The van der Waals surface area contributed by atoms with Crippen LogP contribution in [0.25, 0.3) is 5.82 Å². The fraction of sp³-hybridized carbons (Fsp3) is 0.267. The van der Waals surface area contributed by atoms with Gasteiger partial charge in [-0.25, -0.2) is 4.98 Å². The molecule has 0 spiro atoms. The van der Waals surface area contributed by atoms with Crippen LogP contribution in [0.3, 0.4) is 0 Å². The van der Waals surface area contributed by atoms with Crippen LogP contribution in [0.2, 0.25) is 0 Å². The van der Waals surface area contributed by atoms with Gasteiger partial charge < -0.3 is 9.47 Å². The molecule has 0 unspecified atom stereocenters. The standard InChI is InChI=1S/C15H16F2N6O/c1-20(10-12-18-5-8-23(12)15(16)17)14(24)11-9-19-21(2)13(11)22-6-3-4-7-22/h3-9,15H,10H2,1-2H3. The van der Waals surface area contributed by atoms with Crippen molar-refractivity contribution >= 4 is 5.91 Å². The number of nitrogens with zero attached hydrogens (tertiary/aromatic N) is 6. The van der Waals surface area contributed by atoms with Crippen LogP contribution < -0.4 is 0 Å². The van der Waals surface area contributed by atoms with Gasteiger partial charge in [0.2, 0.25) is 0 Å². The molecule has 0 aromatic carbocycles. The summed E-state index contributed by atoms with van der Waals surface area (Å²) in [5.74, 6) is 0.400. The number of alkyl halides is 2. The predicted molar refractivity (Wildman–Crippen MR) is 81.8 cm³/mol. The first kappa shape index (κ1) is 15.9. The fourth-order valence-electron chi connectivity index (χ4n) is 2.50. The molecule has 0 radical (unpaired) electrons. The van der Waals surface area contributed by atoms with Gasteiger partial charge >= 0.3 is 6.55 Å². The van der Waals surface area contributed by atoms with Gasteiger partial charge in [-0.1, -0.05) is 0 Å². The first-order chi connectivity index (χ1) is 11.5. The molecule has 0 aliphatic rings. The Morgan fingerprint density at radius 1 is 1.29 bits per heavy atom. The number of amides is 1. The Labute approximate surface area is 136 Å². The summed E-state index contributed by atoms with van der Waals surface area (Å²) in [7, 11) is 3.27. The van der Waals surface area contributed by atoms with Gasteiger partial charge in [0, 0.05) is 38.9 Å². The molecule has 0 aliphatic carbocycles. The molecule has 24 heavy (non-hydrogen) atoms. The average molecular weight is 334 g/mol. The number of aryl methyl sites for hydroxylation is 1. The summed E-state index contributed by atoms with van der Waals surface area (Å²) in [5.41, 5.74) is 0.381. The van der Waals surface area contributed by atoms with Crippen molar-refractivity contribution in [3.05, 3.63) is 54.5 Å². The van der Waals surface area contributed by atoms with E-state index in [4.69, 9.17) is 0 Å². The van der Waals surface area contributed by atoms with E-state index >= 15 is 0 Å². The minimum Gasteiger partial charge on any atom is -0.334 e. The molecule has 0 bridgehead atoms. The largest absolute Gasteiger partial charge is 0.334 e. The van der Waals surface area contributed by atoms with Gasteiger partial charge in [0.1, 0.15) is 17.2 Å². The lowest BCUT2D eigenvalue weighted by Crippen LogP contribution is -2.28. The van der Waals surface area contributed by atoms with E-state index in [9.17, 15) is 13.6 Å². The van der Waals surface area contributed by atoms with Gasteiger partial charge in [-0.05, 0) is 12.1 Å². The second kappa shape index (κ2) is 6.26. The van der Waals surface area contributed by atoms with E-state index in [0.717, 1.165) is 4.57 Å². The average Bonchev–Trinajstić information content (AvgIpc) is 3.25. The number of hydrogen-bond acceptors (Lipinski definition) is 3. The monoisotopic (exact) mass is 334 g/mol. The lowest BCUT2D eigenvalue weighted by atomic mass is 10.2. The molecule has 0 aliphatic heterocycles. The SMILES string of the molecule is CN(Cc1nccn1C(F)F)C(=O)c1cnn(C)c1-n1cccc1. The molecular weight excluding hydrogens is 318 g/mol. The maximum atomic E-state index is 12.9. The number of carbonyl (C=O) groups is 1. The van der Waals surface area contributed by atoms with E-state index in [0.29, 0.717) is 11.4 Å². The first-order valence-electron chi connectivity index (χ1n) is 7.19. The highest BCUT2D eigenvalue weighted by atomic mass is 19.3. The van der Waals surface area contributed by atoms with Gasteiger partial charge in [-0.15, -0.1) is 0 Å². The van der Waals surface area contributed by atoms with Gasteiger partial charge in [0.15, 0.2) is 0 Å². The van der Waals surface area contributed by atoms with Gasteiger partial charge in [-0.2, -0.15) is 13.9 Å². The van der Waals surface area contributed by atoms with Crippen LogP contribution in [-0.4, -0.2) is 41.8 Å². The van der Waals surface area contributed by atoms with Crippen LogP contribution in [0.1, 0.15) is 22.7 Å². The summed E-state index contributed by atoms with van der Waals surface area (Å²) in [4.78, 5) is 17.9. The van der Waals surface area contributed by atoms with Crippen molar-refractivity contribution in [1.29, 1.82) is 0 Å². The Morgan fingerprint density at radius 3 is 2.67 bits per heavy atom. The van der Waals surface area contributed by atoms with Crippen LogP contribution in [0.15, 0.2) is 43.1 Å². The Hall–Kier alpha value is -2.97. The van der Waals surface area contributed by atoms with Crippen molar-refractivity contribution in [2.24, 2.45) is 7.05 Å². The van der Waals surface area contributed by atoms with Crippen LogP contribution in [0.4, 0.5) is 8.78 Å². The molecule has 9 heteroatoms. The summed E-state index contributed by atoms with van der Waals surface area (Å²) in [6.45, 7) is -2.73. The number of aromatic nitrogens is 5. The molecule has 3 rings (SSSR count). The van der Waals surface area contributed by atoms with Gasteiger partial charge in [0.05, 0.1) is 12.7 Å². The fourth-order valence-corrected chi connectivity index (χ4v) is 2.50. The Morgan fingerprint density at radius 2 is 2.00 bits per heavy atom. The smallest absolute Gasteiger partial charge is 0.319 e. The van der Waals surface area contributed by atoms with E-state index in [-0.39, 0.29) is 18.3 Å². The molecule has 3 aromatic heterocycles. The third-order valence-electron chi connectivity index (χ3n) is 3.67. The van der Waals surface area contributed by atoms with Crippen molar-refractivity contribution in [3.8, 4) is 5.82 Å². The minimum absolute atomic E-state index is 0.0316. The van der Waals surface area contributed by atoms with Crippen LogP contribution >= 0.6 is 0 Å². The van der Waals surface area contributed by atoms with E-state index in [1.165, 1.54) is 23.5 Å². The third kappa shape index (κ3) is 2.80. The number of carbonyl (C=O) groups excluding carboxylic acids is 1. The number of halogens is 2. The zero-order chi connectivity index (χ0) is 17.3. The Balaban J connectivity index is 1.86. The van der Waals surface area contributed by atoms with Crippen molar-refractivity contribution < 1.29 is 13.6 Å². The minimum atomic E-state index is -2.69. The Kier molecular flexibility index (Phi) is 4.15. The predicted octanol–water partition coefficient (Wildman–Crippen LogP) is 2.07. The van der Waals surface area contributed by atoms with E-state index in [1.54, 1.807) is 35.7 Å². The highest BCUT2D eigenvalue weighted by Crippen LogP contribution is 2.18.